The van der Waals surface area contributed by atoms with Crippen molar-refractivity contribution in [3.05, 3.63) is 48.8 Å². The number of benzene rings is 2. The van der Waals surface area contributed by atoms with Crippen molar-refractivity contribution in [2.24, 2.45) is 0 Å². The van der Waals surface area contributed by atoms with Crippen LogP contribution in [0.2, 0.25) is 0 Å². The maximum Gasteiger partial charge on any atom is 0.232 e. The Bertz CT molecular complexity index is 1350. The van der Waals surface area contributed by atoms with Crippen molar-refractivity contribution < 1.29 is 17.9 Å². The van der Waals surface area contributed by atoms with Crippen LogP contribution in [0.15, 0.2) is 53.7 Å². The number of hydrogen-bond donors (Lipinski definition) is 3. The van der Waals surface area contributed by atoms with Crippen LogP contribution in [0.25, 0.3) is 0 Å². The number of aromatic nitrogens is 3. The molecule has 0 aliphatic carbocycles. The summed E-state index contributed by atoms with van der Waals surface area (Å²) in [7, 11) is -0.150. The van der Waals surface area contributed by atoms with E-state index in [1.807, 2.05) is 12.1 Å². The van der Waals surface area contributed by atoms with Crippen molar-refractivity contribution in [1.29, 1.82) is 0 Å². The number of para-hydroxylation sites is 1. The van der Waals surface area contributed by atoms with Gasteiger partial charge in [-0.1, -0.05) is 12.1 Å². The number of nitrogens with one attached hydrogen (secondary N) is 3. The highest BCUT2D eigenvalue weighted by molar-refractivity contribution is 7.92. The molecular weight excluding hydrogens is 518 g/mol. The van der Waals surface area contributed by atoms with E-state index in [1.54, 1.807) is 52.3 Å². The summed E-state index contributed by atoms with van der Waals surface area (Å²) >= 11 is 0. The van der Waals surface area contributed by atoms with Gasteiger partial charge in [0.2, 0.25) is 11.9 Å². The smallest absolute Gasteiger partial charge is 0.232 e. The van der Waals surface area contributed by atoms with Gasteiger partial charge in [0.1, 0.15) is 12.1 Å². The molecule has 11 nitrogen and oxygen atoms in total. The molecule has 0 saturated carbocycles. The second kappa shape index (κ2) is 13.0. The van der Waals surface area contributed by atoms with Gasteiger partial charge < -0.3 is 30.3 Å². The summed E-state index contributed by atoms with van der Waals surface area (Å²) in [5.74, 6) is 1.18. The molecule has 0 radical (unpaired) electrons. The summed E-state index contributed by atoms with van der Waals surface area (Å²) in [4.78, 5) is 15.4. The fourth-order valence-electron chi connectivity index (χ4n) is 4.42. The molecule has 3 N–H and O–H groups in total. The van der Waals surface area contributed by atoms with Crippen LogP contribution in [-0.4, -0.2) is 75.1 Å². The molecule has 0 atom stereocenters. The van der Waals surface area contributed by atoms with Crippen molar-refractivity contribution in [2.75, 3.05) is 56.0 Å². The van der Waals surface area contributed by atoms with Crippen molar-refractivity contribution >= 4 is 38.8 Å². The zero-order valence-corrected chi connectivity index (χ0v) is 23.7. The van der Waals surface area contributed by atoms with Gasteiger partial charge in [0.25, 0.3) is 0 Å². The first-order chi connectivity index (χ1) is 18.8. The number of piperidine rings is 1. The van der Waals surface area contributed by atoms with Crippen molar-refractivity contribution in [2.45, 2.75) is 42.9 Å². The number of anilines is 5. The Morgan fingerprint density at radius 2 is 1.69 bits per heavy atom. The lowest BCUT2D eigenvalue weighted by Gasteiger charge is -2.34. The summed E-state index contributed by atoms with van der Waals surface area (Å²) in [6.45, 7) is 6.80. The zero-order valence-electron chi connectivity index (χ0n) is 22.8. The highest BCUT2D eigenvalue weighted by atomic mass is 32.2. The second-order valence-electron chi connectivity index (χ2n) is 9.57. The SMILES string of the molecule is COCCNC1CCN(c2ccc(Nc3ncnc(Nc4ccccc4S(=O)(=O)C(C)C)n3)c(OC)c2)CC1. The van der Waals surface area contributed by atoms with Crippen LogP contribution in [0.3, 0.4) is 0 Å². The third-order valence-electron chi connectivity index (χ3n) is 6.66. The Balaban J connectivity index is 1.45. The van der Waals surface area contributed by atoms with E-state index in [0.29, 0.717) is 29.1 Å². The summed E-state index contributed by atoms with van der Waals surface area (Å²) in [5, 5.41) is 9.21. The van der Waals surface area contributed by atoms with Crippen LogP contribution >= 0.6 is 0 Å². The molecule has 1 aromatic heterocycles. The first-order valence-corrected chi connectivity index (χ1v) is 14.6. The monoisotopic (exact) mass is 555 g/mol. The van der Waals surface area contributed by atoms with E-state index < -0.39 is 15.1 Å². The third kappa shape index (κ3) is 7.14. The van der Waals surface area contributed by atoms with Gasteiger partial charge in [0.05, 0.1) is 35.2 Å². The van der Waals surface area contributed by atoms with Gasteiger partial charge in [0.15, 0.2) is 9.84 Å². The molecule has 3 aromatic rings. The van der Waals surface area contributed by atoms with Gasteiger partial charge >= 0.3 is 0 Å². The average Bonchev–Trinajstić information content (AvgIpc) is 2.94. The Morgan fingerprint density at radius 3 is 2.36 bits per heavy atom. The number of hydrogen-bond acceptors (Lipinski definition) is 11. The van der Waals surface area contributed by atoms with E-state index in [0.717, 1.165) is 44.8 Å². The molecule has 0 bridgehead atoms. The lowest BCUT2D eigenvalue weighted by atomic mass is 10.0. The largest absolute Gasteiger partial charge is 0.494 e. The molecule has 4 rings (SSSR count). The molecule has 39 heavy (non-hydrogen) atoms. The number of methoxy groups -OCH3 is 2. The highest BCUT2D eigenvalue weighted by Gasteiger charge is 2.23. The Kier molecular flexibility index (Phi) is 9.54. The van der Waals surface area contributed by atoms with Gasteiger partial charge in [-0.25, -0.2) is 18.4 Å². The quantitative estimate of drug-likeness (QED) is 0.282. The molecule has 210 valence electrons. The molecular formula is C27H37N7O4S. The van der Waals surface area contributed by atoms with Crippen molar-refractivity contribution in [3.8, 4) is 5.75 Å². The summed E-state index contributed by atoms with van der Waals surface area (Å²) in [5.41, 5.74) is 2.20. The predicted octanol–water partition coefficient (Wildman–Crippen LogP) is 3.75. The minimum Gasteiger partial charge on any atom is -0.494 e. The fraction of sp³-hybridized carbons (Fsp3) is 0.444. The summed E-state index contributed by atoms with van der Waals surface area (Å²) < 4.78 is 36.4. The van der Waals surface area contributed by atoms with Gasteiger partial charge in [-0.05, 0) is 51.0 Å². The van der Waals surface area contributed by atoms with Gasteiger partial charge in [-0.2, -0.15) is 4.98 Å². The summed E-state index contributed by atoms with van der Waals surface area (Å²) in [6.07, 6.45) is 3.49. The van der Waals surface area contributed by atoms with Crippen molar-refractivity contribution in [1.82, 2.24) is 20.3 Å². The highest BCUT2D eigenvalue weighted by Crippen LogP contribution is 2.33. The Hall–Kier alpha value is -3.48. The molecule has 1 fully saturated rings. The minimum atomic E-state index is -3.50. The molecule has 1 saturated heterocycles. The maximum atomic E-state index is 12.8. The predicted molar refractivity (Wildman–Crippen MR) is 153 cm³/mol. The lowest BCUT2D eigenvalue weighted by Crippen LogP contribution is -2.43. The Labute approximate surface area is 230 Å². The topological polar surface area (TPSA) is 131 Å². The maximum absolute atomic E-state index is 12.8. The molecule has 12 heteroatoms. The standard InChI is InChI=1S/C27H37N7O4S/c1-19(2)39(35,36)25-8-6-5-7-23(25)32-27-30-18-29-26(33-27)31-22-10-9-21(17-24(22)38-4)34-14-11-20(12-15-34)28-13-16-37-3/h5-10,17-20,28H,11-16H2,1-4H3,(H2,29,30,31,32,33). The average molecular weight is 556 g/mol. The van der Waals surface area contributed by atoms with E-state index in [1.165, 1.54) is 6.33 Å². The molecule has 1 aliphatic rings. The van der Waals surface area contributed by atoms with Gasteiger partial charge in [-0.15, -0.1) is 0 Å². The van der Waals surface area contributed by atoms with Crippen LogP contribution in [0.1, 0.15) is 26.7 Å². The van der Waals surface area contributed by atoms with Crippen LogP contribution in [-0.2, 0) is 14.6 Å². The number of rotatable bonds is 12. The van der Waals surface area contributed by atoms with E-state index in [-0.39, 0.29) is 10.8 Å². The van der Waals surface area contributed by atoms with E-state index in [4.69, 9.17) is 9.47 Å². The second-order valence-corrected chi connectivity index (χ2v) is 12.0. The first-order valence-electron chi connectivity index (χ1n) is 13.0. The third-order valence-corrected chi connectivity index (χ3v) is 8.87. The first kappa shape index (κ1) is 28.5. The number of ether oxygens (including phenoxy) is 2. The molecule has 1 aliphatic heterocycles. The lowest BCUT2D eigenvalue weighted by molar-refractivity contribution is 0.193. The van der Waals surface area contributed by atoms with E-state index in [2.05, 4.69) is 41.9 Å². The van der Waals surface area contributed by atoms with E-state index >= 15 is 0 Å². The fourth-order valence-corrected chi connectivity index (χ4v) is 5.62. The van der Waals surface area contributed by atoms with Crippen LogP contribution in [0.4, 0.5) is 29.0 Å². The molecule has 0 amide bonds. The summed E-state index contributed by atoms with van der Waals surface area (Å²) in [6, 6.07) is 13.2. The van der Waals surface area contributed by atoms with E-state index in [9.17, 15) is 8.42 Å². The molecule has 2 aromatic carbocycles. The minimum absolute atomic E-state index is 0.196. The number of nitrogens with zero attached hydrogens (tertiary/aromatic N) is 4. The van der Waals surface area contributed by atoms with Crippen molar-refractivity contribution in [3.63, 3.8) is 0 Å². The van der Waals surface area contributed by atoms with Gasteiger partial charge in [-0.3, -0.25) is 0 Å². The Morgan fingerprint density at radius 1 is 1.00 bits per heavy atom. The van der Waals surface area contributed by atoms with Crippen LogP contribution < -0.4 is 25.6 Å². The normalized spacial score (nSPS) is 14.4. The van der Waals surface area contributed by atoms with Crippen LogP contribution in [0, 0.1) is 0 Å². The molecule has 0 unspecified atom stereocenters. The van der Waals surface area contributed by atoms with Gasteiger partial charge in [0, 0.05) is 44.5 Å². The zero-order chi connectivity index (χ0) is 27.8. The van der Waals surface area contributed by atoms with Crippen LogP contribution in [0.5, 0.6) is 5.75 Å². The molecule has 0 spiro atoms. The molecule has 2 heterocycles. The number of sulfone groups is 1.